The zero-order chi connectivity index (χ0) is 17.2. The Kier molecular flexibility index (Phi) is 4.51. The van der Waals surface area contributed by atoms with Crippen LogP contribution in [0.2, 0.25) is 0 Å². The SMILES string of the molecule is CC(C)(C)OC(=O)N1CCCN(c2ncnc3cnccc23)CC1. The number of rotatable bonds is 1. The number of anilines is 1. The molecule has 0 unspecified atom stereocenters. The van der Waals surface area contributed by atoms with Gasteiger partial charge in [-0.25, -0.2) is 14.8 Å². The smallest absolute Gasteiger partial charge is 0.410 e. The van der Waals surface area contributed by atoms with E-state index in [2.05, 4.69) is 19.9 Å². The maximum atomic E-state index is 12.3. The first-order valence-corrected chi connectivity index (χ1v) is 8.22. The summed E-state index contributed by atoms with van der Waals surface area (Å²) in [5, 5.41) is 0.984. The summed E-state index contributed by atoms with van der Waals surface area (Å²) in [6.45, 7) is 8.52. The van der Waals surface area contributed by atoms with Gasteiger partial charge in [-0.3, -0.25) is 4.98 Å². The second-order valence-corrected chi connectivity index (χ2v) is 6.90. The summed E-state index contributed by atoms with van der Waals surface area (Å²) >= 11 is 0. The fourth-order valence-electron chi connectivity index (χ4n) is 2.78. The van der Waals surface area contributed by atoms with Crippen molar-refractivity contribution in [2.75, 3.05) is 31.1 Å². The summed E-state index contributed by atoms with van der Waals surface area (Å²) in [6, 6.07) is 1.93. The maximum Gasteiger partial charge on any atom is 0.410 e. The van der Waals surface area contributed by atoms with E-state index in [4.69, 9.17) is 4.74 Å². The van der Waals surface area contributed by atoms with E-state index in [-0.39, 0.29) is 6.09 Å². The van der Waals surface area contributed by atoms with Crippen LogP contribution in [0.15, 0.2) is 24.8 Å². The molecular formula is C17H23N5O2. The van der Waals surface area contributed by atoms with E-state index in [0.717, 1.165) is 29.7 Å². The molecule has 1 aliphatic heterocycles. The van der Waals surface area contributed by atoms with Crippen molar-refractivity contribution in [2.24, 2.45) is 0 Å². The molecule has 3 heterocycles. The van der Waals surface area contributed by atoms with Crippen LogP contribution in [0.25, 0.3) is 10.9 Å². The normalized spacial score (nSPS) is 16.1. The number of amides is 1. The summed E-state index contributed by atoms with van der Waals surface area (Å²) in [5.74, 6) is 0.897. The first kappa shape index (κ1) is 16.4. The summed E-state index contributed by atoms with van der Waals surface area (Å²) in [5.41, 5.74) is 0.356. The molecule has 1 saturated heterocycles. The van der Waals surface area contributed by atoms with E-state index in [0.29, 0.717) is 19.6 Å². The molecule has 24 heavy (non-hydrogen) atoms. The second-order valence-electron chi connectivity index (χ2n) is 6.90. The fourth-order valence-corrected chi connectivity index (χ4v) is 2.78. The number of hydrogen-bond acceptors (Lipinski definition) is 6. The van der Waals surface area contributed by atoms with Gasteiger partial charge in [0.15, 0.2) is 0 Å². The van der Waals surface area contributed by atoms with Gasteiger partial charge in [-0.05, 0) is 33.3 Å². The van der Waals surface area contributed by atoms with Crippen molar-refractivity contribution in [3.63, 3.8) is 0 Å². The Morgan fingerprint density at radius 2 is 2.00 bits per heavy atom. The van der Waals surface area contributed by atoms with Crippen LogP contribution in [-0.4, -0.2) is 57.7 Å². The molecule has 128 valence electrons. The van der Waals surface area contributed by atoms with E-state index in [1.165, 1.54) is 0 Å². The van der Waals surface area contributed by atoms with Gasteiger partial charge in [0.2, 0.25) is 0 Å². The zero-order valence-electron chi connectivity index (χ0n) is 14.4. The predicted molar refractivity (Wildman–Crippen MR) is 92.0 cm³/mol. The van der Waals surface area contributed by atoms with Crippen LogP contribution in [0.4, 0.5) is 10.6 Å². The molecule has 0 bridgehead atoms. The van der Waals surface area contributed by atoms with Gasteiger partial charge >= 0.3 is 6.09 Å². The first-order chi connectivity index (χ1) is 11.4. The summed E-state index contributed by atoms with van der Waals surface area (Å²) in [7, 11) is 0. The third-order valence-electron chi connectivity index (χ3n) is 3.86. The Morgan fingerprint density at radius 1 is 1.17 bits per heavy atom. The van der Waals surface area contributed by atoms with E-state index in [1.54, 1.807) is 23.6 Å². The molecule has 0 spiro atoms. The van der Waals surface area contributed by atoms with Crippen molar-refractivity contribution < 1.29 is 9.53 Å². The predicted octanol–water partition coefficient (Wildman–Crippen LogP) is 2.47. The zero-order valence-corrected chi connectivity index (χ0v) is 14.4. The number of carbonyl (C=O) groups excluding carboxylic acids is 1. The summed E-state index contributed by atoms with van der Waals surface area (Å²) in [4.78, 5) is 29.1. The second kappa shape index (κ2) is 6.59. The van der Waals surface area contributed by atoms with Crippen molar-refractivity contribution in [1.29, 1.82) is 0 Å². The molecule has 0 aliphatic carbocycles. The Bertz CT molecular complexity index is 723. The molecule has 1 fully saturated rings. The van der Waals surface area contributed by atoms with E-state index in [1.807, 2.05) is 26.8 Å². The highest BCUT2D eigenvalue weighted by atomic mass is 16.6. The minimum Gasteiger partial charge on any atom is -0.444 e. The van der Waals surface area contributed by atoms with Gasteiger partial charge < -0.3 is 14.5 Å². The lowest BCUT2D eigenvalue weighted by Gasteiger charge is -2.26. The van der Waals surface area contributed by atoms with Crippen LogP contribution in [-0.2, 0) is 4.74 Å². The summed E-state index contributed by atoms with van der Waals surface area (Å²) < 4.78 is 5.48. The van der Waals surface area contributed by atoms with E-state index >= 15 is 0 Å². The minimum absolute atomic E-state index is 0.249. The Balaban J connectivity index is 1.75. The van der Waals surface area contributed by atoms with Gasteiger partial charge in [0.1, 0.15) is 17.7 Å². The lowest BCUT2D eigenvalue weighted by molar-refractivity contribution is 0.0263. The van der Waals surface area contributed by atoms with Crippen LogP contribution in [0.5, 0.6) is 0 Å². The van der Waals surface area contributed by atoms with Gasteiger partial charge in [0, 0.05) is 37.8 Å². The van der Waals surface area contributed by atoms with Crippen LogP contribution >= 0.6 is 0 Å². The highest BCUT2D eigenvalue weighted by Gasteiger charge is 2.25. The lowest BCUT2D eigenvalue weighted by atomic mass is 10.2. The third kappa shape index (κ3) is 3.72. The molecule has 3 rings (SSSR count). The Morgan fingerprint density at radius 3 is 2.79 bits per heavy atom. The molecule has 1 aliphatic rings. The molecule has 7 nitrogen and oxygen atoms in total. The van der Waals surface area contributed by atoms with Crippen LogP contribution in [0.3, 0.4) is 0 Å². The van der Waals surface area contributed by atoms with Crippen molar-refractivity contribution >= 4 is 22.8 Å². The largest absolute Gasteiger partial charge is 0.444 e. The molecular weight excluding hydrogens is 306 g/mol. The number of aromatic nitrogens is 3. The quantitative estimate of drug-likeness (QED) is 0.800. The highest BCUT2D eigenvalue weighted by molar-refractivity contribution is 5.88. The van der Waals surface area contributed by atoms with Crippen molar-refractivity contribution in [1.82, 2.24) is 19.9 Å². The van der Waals surface area contributed by atoms with Crippen molar-refractivity contribution in [3.8, 4) is 0 Å². The average molecular weight is 329 g/mol. The molecule has 0 aromatic carbocycles. The third-order valence-corrected chi connectivity index (χ3v) is 3.86. The van der Waals surface area contributed by atoms with E-state index in [9.17, 15) is 4.79 Å². The molecule has 2 aromatic heterocycles. The fraction of sp³-hybridized carbons (Fsp3) is 0.529. The number of fused-ring (bicyclic) bond motifs is 1. The number of nitrogens with zero attached hydrogens (tertiary/aromatic N) is 5. The molecule has 1 amide bonds. The monoisotopic (exact) mass is 329 g/mol. The van der Waals surface area contributed by atoms with Gasteiger partial charge in [0.25, 0.3) is 0 Å². The molecule has 0 radical (unpaired) electrons. The number of ether oxygens (including phenoxy) is 1. The number of hydrogen-bond donors (Lipinski definition) is 0. The van der Waals surface area contributed by atoms with Crippen LogP contribution in [0.1, 0.15) is 27.2 Å². The van der Waals surface area contributed by atoms with Crippen LogP contribution in [0, 0.1) is 0 Å². The van der Waals surface area contributed by atoms with Crippen molar-refractivity contribution in [2.45, 2.75) is 32.8 Å². The molecule has 0 N–H and O–H groups in total. The highest BCUT2D eigenvalue weighted by Crippen LogP contribution is 2.23. The van der Waals surface area contributed by atoms with Gasteiger partial charge in [-0.15, -0.1) is 0 Å². The minimum atomic E-state index is -0.473. The van der Waals surface area contributed by atoms with Crippen molar-refractivity contribution in [3.05, 3.63) is 24.8 Å². The number of pyridine rings is 1. The molecule has 2 aromatic rings. The molecule has 7 heteroatoms. The van der Waals surface area contributed by atoms with E-state index < -0.39 is 5.60 Å². The lowest BCUT2D eigenvalue weighted by Crippen LogP contribution is -2.39. The van der Waals surface area contributed by atoms with Gasteiger partial charge in [0.05, 0.1) is 11.7 Å². The maximum absolute atomic E-state index is 12.3. The van der Waals surface area contributed by atoms with Gasteiger partial charge in [-0.1, -0.05) is 0 Å². The van der Waals surface area contributed by atoms with Gasteiger partial charge in [-0.2, -0.15) is 0 Å². The average Bonchev–Trinajstić information content (AvgIpc) is 2.79. The molecule has 0 saturated carbocycles. The Labute approximate surface area is 141 Å². The topological polar surface area (TPSA) is 71.5 Å². The number of carbonyl (C=O) groups is 1. The molecule has 0 atom stereocenters. The standard InChI is InChI=1S/C17H23N5O2/c1-17(2,3)24-16(23)22-8-4-7-21(9-10-22)15-13-5-6-18-11-14(13)19-12-20-15/h5-6,11-12H,4,7-10H2,1-3H3. The van der Waals surface area contributed by atoms with Crippen LogP contribution < -0.4 is 4.90 Å². The first-order valence-electron chi connectivity index (χ1n) is 8.22. The summed E-state index contributed by atoms with van der Waals surface area (Å²) in [6.07, 6.45) is 5.68. The Hall–Kier alpha value is -2.44.